The Bertz CT molecular complexity index is 1520. The summed E-state index contributed by atoms with van der Waals surface area (Å²) in [6.07, 6.45) is 0. The number of rotatable bonds is 29. The molecule has 0 aromatic heterocycles. The van der Waals surface area contributed by atoms with Gasteiger partial charge >= 0.3 is 5.97 Å². The summed E-state index contributed by atoms with van der Waals surface area (Å²) < 4.78 is 0. The number of hydrogen-bond donors (Lipinski definition) is 21. The van der Waals surface area contributed by atoms with Gasteiger partial charge in [-0.05, 0) is 0 Å². The first kappa shape index (κ1) is 55.3. The standard InChI is InChI=1S/C30H52N10O21/c31-11(1-41)21(51)32-12(2-42)22(52)33-13(3-43)23(53)34-14(4-44)24(54)35-15(5-45)25(55)36-16(6-46)26(56)37-17(7-47)27(57)38-18(8-48)28(58)39-19(9-49)29(59)40-20(10-50)30(60)61/h11-20,41-50H,1-10,31H2,(H,32,51)(H,33,52)(H,34,53)(H,35,54)(H,36,55)(H,37,56)(H,38,57)(H,39,58)(H,40,59)(H,60,61)/t11-,12-,13-,14-,15-,16-,17-,18-,19-,20-/m1/s1. The second kappa shape index (κ2) is 28.7. The van der Waals surface area contributed by atoms with Crippen molar-refractivity contribution >= 4 is 59.1 Å². The molecule has 0 radical (unpaired) electrons. The van der Waals surface area contributed by atoms with E-state index in [1.165, 1.54) is 0 Å². The molecule has 0 aliphatic rings. The summed E-state index contributed by atoms with van der Waals surface area (Å²) in [6, 6.07) is -18.6. The summed E-state index contributed by atoms with van der Waals surface area (Å²) >= 11 is 0. The topological polar surface area (TPSA) is 528 Å². The van der Waals surface area contributed by atoms with Gasteiger partial charge in [0.2, 0.25) is 53.2 Å². The fourth-order valence-corrected chi connectivity index (χ4v) is 4.28. The number of nitrogens with two attached hydrogens (primary N) is 1. The Morgan fingerprint density at radius 2 is 0.426 bits per heavy atom. The molecule has 0 unspecified atom stereocenters. The van der Waals surface area contributed by atoms with E-state index in [0.717, 1.165) is 0 Å². The average Bonchev–Trinajstić information content (AvgIpc) is 3.24. The van der Waals surface area contributed by atoms with Gasteiger partial charge in [-0.1, -0.05) is 0 Å². The zero-order valence-electron chi connectivity index (χ0n) is 31.9. The summed E-state index contributed by atoms with van der Waals surface area (Å²) in [5, 5.41) is 121. The maximum absolute atomic E-state index is 12.9. The van der Waals surface area contributed by atoms with Crippen molar-refractivity contribution in [3.05, 3.63) is 0 Å². The van der Waals surface area contributed by atoms with Crippen molar-refractivity contribution in [2.45, 2.75) is 60.4 Å². The van der Waals surface area contributed by atoms with Crippen LogP contribution < -0.4 is 53.6 Å². The molecule has 0 rings (SSSR count). The number of carbonyl (C=O) groups excluding carboxylic acids is 9. The van der Waals surface area contributed by atoms with Crippen LogP contribution in [0.3, 0.4) is 0 Å². The summed E-state index contributed by atoms with van der Waals surface area (Å²) in [5.41, 5.74) is 5.32. The van der Waals surface area contributed by atoms with Crippen LogP contribution in [0.1, 0.15) is 0 Å². The number of aliphatic hydroxyl groups excluding tert-OH is 10. The number of nitrogens with one attached hydrogen (secondary N) is 9. The number of amides is 9. The summed E-state index contributed by atoms with van der Waals surface area (Å²) in [6.45, 7) is -11.2. The van der Waals surface area contributed by atoms with E-state index in [0.29, 0.717) is 0 Å². The van der Waals surface area contributed by atoms with Crippen molar-refractivity contribution in [2.24, 2.45) is 5.73 Å². The van der Waals surface area contributed by atoms with E-state index >= 15 is 0 Å². The van der Waals surface area contributed by atoms with E-state index in [2.05, 4.69) is 0 Å². The Morgan fingerprint density at radius 1 is 0.279 bits per heavy atom. The van der Waals surface area contributed by atoms with E-state index in [-0.39, 0.29) is 0 Å². The minimum absolute atomic E-state index is 0.825. The molecular weight excluding hydrogens is 836 g/mol. The van der Waals surface area contributed by atoms with Crippen LogP contribution in [0.15, 0.2) is 0 Å². The number of carbonyl (C=O) groups is 10. The Kier molecular flexibility index (Phi) is 26.0. The van der Waals surface area contributed by atoms with E-state index in [4.69, 9.17) is 21.1 Å². The molecule has 0 aliphatic heterocycles. The second-order valence-corrected chi connectivity index (χ2v) is 12.3. The number of aliphatic hydroxyl groups is 10. The quantitative estimate of drug-likeness (QED) is 0.0331. The lowest BCUT2D eigenvalue weighted by Gasteiger charge is -2.26. The first-order valence-corrected chi connectivity index (χ1v) is 17.6. The molecule has 0 spiro atoms. The highest BCUT2D eigenvalue weighted by Gasteiger charge is 2.34. The molecule has 0 heterocycles. The normalized spacial score (nSPS) is 15.9. The Morgan fingerprint density at radius 3 is 0.557 bits per heavy atom. The highest BCUT2D eigenvalue weighted by molar-refractivity contribution is 5.98. The first-order valence-electron chi connectivity index (χ1n) is 17.6. The van der Waals surface area contributed by atoms with E-state index in [9.17, 15) is 88.8 Å². The third kappa shape index (κ3) is 18.2. The molecule has 0 aromatic rings. The largest absolute Gasteiger partial charge is 0.480 e. The monoisotopic (exact) mass is 888 g/mol. The SMILES string of the molecule is N[C@H](CO)C(=O)N[C@H](CO)C(=O)N[C@H](CO)C(=O)N[C@H](CO)C(=O)N[C@H](CO)C(=O)N[C@H](CO)C(=O)N[C@H](CO)C(=O)N[C@H](CO)C(=O)N[C@H](CO)C(=O)N[C@H](CO)C(=O)O. The van der Waals surface area contributed by atoms with Crippen LogP contribution in [0.2, 0.25) is 0 Å². The van der Waals surface area contributed by atoms with Crippen LogP contribution in [-0.4, -0.2) is 242 Å². The summed E-state index contributed by atoms with van der Waals surface area (Å²) in [5.74, 6) is -13.5. The molecule has 348 valence electrons. The molecule has 61 heavy (non-hydrogen) atoms. The number of aliphatic carboxylic acids is 1. The molecule has 0 bridgehead atoms. The van der Waals surface area contributed by atoms with Crippen LogP contribution in [0.4, 0.5) is 0 Å². The Balaban J connectivity index is 5.59. The third-order valence-electron chi connectivity index (χ3n) is 7.86. The molecule has 0 aromatic carbocycles. The van der Waals surface area contributed by atoms with Gasteiger partial charge in [0.25, 0.3) is 0 Å². The third-order valence-corrected chi connectivity index (χ3v) is 7.86. The zero-order chi connectivity index (χ0) is 47.0. The number of hydrogen-bond acceptors (Lipinski definition) is 21. The van der Waals surface area contributed by atoms with E-state index in [1.807, 2.05) is 47.9 Å². The first-order chi connectivity index (χ1) is 28.8. The fourth-order valence-electron chi connectivity index (χ4n) is 4.28. The highest BCUT2D eigenvalue weighted by atomic mass is 16.4. The van der Waals surface area contributed by atoms with Crippen molar-refractivity contribution in [3.8, 4) is 0 Å². The molecule has 22 N–H and O–H groups in total. The second-order valence-electron chi connectivity index (χ2n) is 12.3. The van der Waals surface area contributed by atoms with E-state index < -0.39 is 186 Å². The maximum atomic E-state index is 12.9. The van der Waals surface area contributed by atoms with Gasteiger partial charge in [0.05, 0.1) is 66.1 Å². The van der Waals surface area contributed by atoms with Gasteiger partial charge in [0.1, 0.15) is 60.4 Å². The van der Waals surface area contributed by atoms with Crippen molar-refractivity contribution in [2.75, 3.05) is 66.1 Å². The molecular formula is C30H52N10O21. The zero-order valence-corrected chi connectivity index (χ0v) is 31.9. The van der Waals surface area contributed by atoms with Crippen molar-refractivity contribution < 1.29 is 104 Å². The predicted octanol–water partition coefficient (Wildman–Crippen LogP) is -15.3. The van der Waals surface area contributed by atoms with Gasteiger partial charge in [-0.25, -0.2) is 4.79 Å². The highest BCUT2D eigenvalue weighted by Crippen LogP contribution is 1.98. The van der Waals surface area contributed by atoms with Crippen LogP contribution in [0, 0.1) is 0 Å². The number of carboxylic acid groups (broad SMARTS) is 1. The lowest BCUT2D eigenvalue weighted by molar-refractivity contribution is -0.143. The van der Waals surface area contributed by atoms with Gasteiger partial charge in [0.15, 0.2) is 0 Å². The molecule has 10 atom stereocenters. The predicted molar refractivity (Wildman–Crippen MR) is 194 cm³/mol. The smallest absolute Gasteiger partial charge is 0.328 e. The van der Waals surface area contributed by atoms with Crippen LogP contribution in [0.5, 0.6) is 0 Å². The van der Waals surface area contributed by atoms with Crippen LogP contribution in [0.25, 0.3) is 0 Å². The Labute approximate surface area is 343 Å². The lowest BCUT2D eigenvalue weighted by Crippen LogP contribution is -2.63. The minimum atomic E-state index is -2.00. The molecule has 0 saturated carbocycles. The molecule has 31 nitrogen and oxygen atoms in total. The summed E-state index contributed by atoms with van der Waals surface area (Å²) in [7, 11) is 0. The van der Waals surface area contributed by atoms with Crippen LogP contribution in [-0.2, 0) is 47.9 Å². The molecule has 0 aliphatic carbocycles. The molecule has 0 fully saturated rings. The number of carboxylic acids is 1. The molecule has 31 heteroatoms. The lowest BCUT2D eigenvalue weighted by atomic mass is 10.1. The van der Waals surface area contributed by atoms with E-state index in [1.54, 1.807) is 0 Å². The Hall–Kier alpha value is -5.74. The molecule has 0 saturated heterocycles. The molecule has 9 amide bonds. The van der Waals surface area contributed by atoms with Gasteiger partial charge in [-0.3, -0.25) is 43.2 Å². The summed E-state index contributed by atoms with van der Waals surface area (Å²) in [4.78, 5) is 124. The van der Waals surface area contributed by atoms with Gasteiger partial charge in [0, 0.05) is 0 Å². The van der Waals surface area contributed by atoms with Gasteiger partial charge < -0.3 is 110 Å². The van der Waals surface area contributed by atoms with Crippen molar-refractivity contribution in [1.29, 1.82) is 0 Å². The minimum Gasteiger partial charge on any atom is -0.480 e. The van der Waals surface area contributed by atoms with Gasteiger partial charge in [-0.15, -0.1) is 0 Å². The van der Waals surface area contributed by atoms with Crippen LogP contribution >= 0.6 is 0 Å². The average molecular weight is 889 g/mol. The van der Waals surface area contributed by atoms with Crippen molar-refractivity contribution in [3.63, 3.8) is 0 Å². The fraction of sp³-hybridized carbons (Fsp3) is 0.667. The van der Waals surface area contributed by atoms with Gasteiger partial charge in [-0.2, -0.15) is 0 Å². The van der Waals surface area contributed by atoms with Crippen molar-refractivity contribution in [1.82, 2.24) is 47.9 Å². The maximum Gasteiger partial charge on any atom is 0.328 e.